The fraction of sp³-hybridized carbons (Fsp3) is 0.353. The lowest BCUT2D eigenvalue weighted by molar-refractivity contribution is 0.0952. The molecule has 2 aromatic rings. The fourth-order valence-electron chi connectivity index (χ4n) is 2.06. The second kappa shape index (κ2) is 7.54. The molecule has 5 nitrogen and oxygen atoms in total. The van der Waals surface area contributed by atoms with Crippen molar-refractivity contribution in [3.63, 3.8) is 0 Å². The zero-order valence-corrected chi connectivity index (χ0v) is 13.3. The van der Waals surface area contributed by atoms with Gasteiger partial charge < -0.3 is 10.6 Å². The molecule has 2 N–H and O–H groups in total. The third-order valence-electron chi connectivity index (χ3n) is 3.36. The second-order valence-electron chi connectivity index (χ2n) is 5.35. The van der Waals surface area contributed by atoms with Crippen LogP contribution in [0.4, 0.5) is 11.6 Å². The van der Waals surface area contributed by atoms with Gasteiger partial charge in [-0.3, -0.25) is 4.79 Å². The lowest BCUT2D eigenvalue weighted by Crippen LogP contribution is -2.24. The Labute approximate surface area is 131 Å². The summed E-state index contributed by atoms with van der Waals surface area (Å²) in [7, 11) is 0. The number of carbonyl (C=O) groups is 1. The second-order valence-corrected chi connectivity index (χ2v) is 5.35. The van der Waals surface area contributed by atoms with Gasteiger partial charge in [-0.25, -0.2) is 9.97 Å². The molecule has 0 saturated carbocycles. The number of nitrogens with zero attached hydrogens (tertiary/aromatic N) is 2. The van der Waals surface area contributed by atoms with Crippen LogP contribution in [0.5, 0.6) is 0 Å². The fourth-order valence-corrected chi connectivity index (χ4v) is 2.06. The van der Waals surface area contributed by atoms with E-state index in [0.717, 1.165) is 24.1 Å². The molecule has 0 saturated heterocycles. The van der Waals surface area contributed by atoms with Crippen molar-refractivity contribution in [1.29, 1.82) is 0 Å². The first kappa shape index (κ1) is 15.9. The summed E-state index contributed by atoms with van der Waals surface area (Å²) < 4.78 is 0. The normalized spacial score (nSPS) is 10.3. The largest absolute Gasteiger partial charge is 0.352 e. The van der Waals surface area contributed by atoms with Crippen LogP contribution in [-0.4, -0.2) is 22.4 Å². The van der Waals surface area contributed by atoms with Crippen LogP contribution in [0, 0.1) is 13.8 Å². The summed E-state index contributed by atoms with van der Waals surface area (Å²) in [5.74, 6) is 0.351. The van der Waals surface area contributed by atoms with Crippen molar-refractivity contribution < 1.29 is 4.79 Å². The van der Waals surface area contributed by atoms with Gasteiger partial charge in [0, 0.05) is 24.6 Å². The number of aromatic nitrogens is 2. The van der Waals surface area contributed by atoms with Crippen LogP contribution in [0.3, 0.4) is 0 Å². The van der Waals surface area contributed by atoms with Crippen LogP contribution in [0.1, 0.15) is 41.3 Å². The third-order valence-corrected chi connectivity index (χ3v) is 3.36. The maximum Gasteiger partial charge on any atom is 0.254 e. The highest BCUT2D eigenvalue weighted by molar-refractivity contribution is 5.93. The molecule has 116 valence electrons. The van der Waals surface area contributed by atoms with Crippen LogP contribution >= 0.6 is 0 Å². The molecule has 0 atom stereocenters. The third kappa shape index (κ3) is 4.28. The SMILES string of the molecule is CCCCNC(=O)c1cnc(Nc2ccc(C)cc2C)nc1. The van der Waals surface area contributed by atoms with E-state index in [1.165, 1.54) is 5.56 Å². The van der Waals surface area contributed by atoms with Gasteiger partial charge in [0.05, 0.1) is 5.56 Å². The molecule has 1 heterocycles. The average Bonchev–Trinajstić information content (AvgIpc) is 2.51. The Kier molecular flexibility index (Phi) is 5.47. The number of benzene rings is 1. The highest BCUT2D eigenvalue weighted by atomic mass is 16.1. The van der Waals surface area contributed by atoms with E-state index in [4.69, 9.17) is 0 Å². The molecule has 0 fully saturated rings. The van der Waals surface area contributed by atoms with Gasteiger partial charge in [-0.1, -0.05) is 31.0 Å². The summed E-state index contributed by atoms with van der Waals surface area (Å²) >= 11 is 0. The van der Waals surface area contributed by atoms with Gasteiger partial charge in [-0.2, -0.15) is 0 Å². The Morgan fingerprint density at radius 3 is 2.55 bits per heavy atom. The Bertz CT molecular complexity index is 638. The topological polar surface area (TPSA) is 66.9 Å². The van der Waals surface area contributed by atoms with Crippen molar-refractivity contribution in [1.82, 2.24) is 15.3 Å². The Hall–Kier alpha value is -2.43. The number of aryl methyl sites for hydroxylation is 2. The smallest absolute Gasteiger partial charge is 0.254 e. The van der Waals surface area contributed by atoms with E-state index in [-0.39, 0.29) is 5.91 Å². The monoisotopic (exact) mass is 298 g/mol. The van der Waals surface area contributed by atoms with Gasteiger partial charge in [-0.15, -0.1) is 0 Å². The van der Waals surface area contributed by atoms with Crippen molar-refractivity contribution in [3.8, 4) is 0 Å². The lowest BCUT2D eigenvalue weighted by Gasteiger charge is -2.09. The molecular formula is C17H22N4O. The minimum Gasteiger partial charge on any atom is -0.352 e. The molecule has 0 aliphatic carbocycles. The highest BCUT2D eigenvalue weighted by Crippen LogP contribution is 2.19. The summed E-state index contributed by atoms with van der Waals surface area (Å²) in [6.07, 6.45) is 5.11. The summed E-state index contributed by atoms with van der Waals surface area (Å²) in [5.41, 5.74) is 3.78. The molecule has 5 heteroatoms. The lowest BCUT2D eigenvalue weighted by atomic mass is 10.1. The Morgan fingerprint density at radius 2 is 1.91 bits per heavy atom. The number of amides is 1. The first-order chi connectivity index (χ1) is 10.6. The highest BCUT2D eigenvalue weighted by Gasteiger charge is 2.07. The molecule has 0 radical (unpaired) electrons. The first-order valence-corrected chi connectivity index (χ1v) is 7.54. The van der Waals surface area contributed by atoms with Gasteiger partial charge in [0.2, 0.25) is 5.95 Å². The number of hydrogen-bond acceptors (Lipinski definition) is 4. The number of hydrogen-bond donors (Lipinski definition) is 2. The molecule has 1 aromatic carbocycles. The molecule has 0 unspecified atom stereocenters. The van der Waals surface area contributed by atoms with Gasteiger partial charge in [0.15, 0.2) is 0 Å². The van der Waals surface area contributed by atoms with Gasteiger partial charge in [0.1, 0.15) is 0 Å². The van der Waals surface area contributed by atoms with E-state index < -0.39 is 0 Å². The molecule has 1 aromatic heterocycles. The van der Waals surface area contributed by atoms with E-state index in [2.05, 4.69) is 40.5 Å². The Balaban J connectivity index is 2.01. The van der Waals surface area contributed by atoms with Crippen LogP contribution < -0.4 is 10.6 Å². The minimum absolute atomic E-state index is 0.133. The standard InChI is InChI=1S/C17H22N4O/c1-4-5-8-18-16(22)14-10-19-17(20-11-14)21-15-7-6-12(2)9-13(15)3/h6-7,9-11H,4-5,8H2,1-3H3,(H,18,22)(H,19,20,21). The van der Waals surface area contributed by atoms with Crippen molar-refractivity contribution in [3.05, 3.63) is 47.3 Å². The van der Waals surface area contributed by atoms with Crippen LogP contribution in [0.2, 0.25) is 0 Å². The van der Waals surface area contributed by atoms with Crippen molar-refractivity contribution in [2.24, 2.45) is 0 Å². The summed E-state index contributed by atoms with van der Waals surface area (Å²) in [6.45, 7) is 6.85. The molecule has 1 amide bonds. The van der Waals surface area contributed by atoms with E-state index in [1.54, 1.807) is 12.4 Å². The average molecular weight is 298 g/mol. The zero-order valence-electron chi connectivity index (χ0n) is 13.3. The molecule has 0 spiro atoms. The molecule has 0 aliphatic rings. The molecule has 0 aliphatic heterocycles. The number of anilines is 2. The van der Waals surface area contributed by atoms with Crippen LogP contribution in [-0.2, 0) is 0 Å². The van der Waals surface area contributed by atoms with E-state index >= 15 is 0 Å². The Morgan fingerprint density at radius 1 is 1.18 bits per heavy atom. The summed E-state index contributed by atoms with van der Waals surface area (Å²) in [6, 6.07) is 6.13. The quantitative estimate of drug-likeness (QED) is 0.802. The first-order valence-electron chi connectivity index (χ1n) is 7.54. The van der Waals surface area contributed by atoms with E-state index in [9.17, 15) is 4.79 Å². The van der Waals surface area contributed by atoms with Crippen molar-refractivity contribution in [2.45, 2.75) is 33.6 Å². The van der Waals surface area contributed by atoms with Crippen molar-refractivity contribution in [2.75, 3.05) is 11.9 Å². The van der Waals surface area contributed by atoms with Gasteiger partial charge in [-0.05, 0) is 31.9 Å². The number of rotatable bonds is 6. The maximum atomic E-state index is 11.9. The van der Waals surface area contributed by atoms with E-state index in [0.29, 0.717) is 18.1 Å². The molecule has 2 rings (SSSR count). The number of nitrogens with one attached hydrogen (secondary N) is 2. The molecular weight excluding hydrogens is 276 g/mol. The molecule has 0 bridgehead atoms. The maximum absolute atomic E-state index is 11.9. The molecule has 22 heavy (non-hydrogen) atoms. The van der Waals surface area contributed by atoms with Crippen LogP contribution in [0.15, 0.2) is 30.6 Å². The number of carbonyl (C=O) groups excluding carboxylic acids is 1. The number of unbranched alkanes of at least 4 members (excludes halogenated alkanes) is 1. The zero-order chi connectivity index (χ0) is 15.9. The van der Waals surface area contributed by atoms with Crippen molar-refractivity contribution >= 4 is 17.5 Å². The van der Waals surface area contributed by atoms with E-state index in [1.807, 2.05) is 19.1 Å². The van der Waals surface area contributed by atoms with Crippen LogP contribution in [0.25, 0.3) is 0 Å². The summed E-state index contributed by atoms with van der Waals surface area (Å²) in [4.78, 5) is 20.3. The van der Waals surface area contributed by atoms with Gasteiger partial charge in [0.25, 0.3) is 5.91 Å². The predicted octanol–water partition coefficient (Wildman–Crippen LogP) is 3.37. The summed E-state index contributed by atoms with van der Waals surface area (Å²) in [5, 5.41) is 6.01. The predicted molar refractivity (Wildman–Crippen MR) is 88.5 cm³/mol. The minimum atomic E-state index is -0.133. The van der Waals surface area contributed by atoms with Gasteiger partial charge >= 0.3 is 0 Å².